The zero-order valence-electron chi connectivity index (χ0n) is 11.3. The lowest BCUT2D eigenvalue weighted by Gasteiger charge is -2.20. The van der Waals surface area contributed by atoms with E-state index in [1.54, 1.807) is 11.0 Å². The zero-order chi connectivity index (χ0) is 14.9. The maximum Gasteiger partial charge on any atom is 0.265 e. The van der Waals surface area contributed by atoms with Gasteiger partial charge in [0.1, 0.15) is 10.6 Å². The van der Waals surface area contributed by atoms with Crippen molar-refractivity contribution in [1.29, 1.82) is 0 Å². The maximum atomic E-state index is 12.4. The highest BCUT2D eigenvalue weighted by Gasteiger charge is 2.32. The Kier molecular flexibility index (Phi) is 4.25. The molecule has 2 rings (SSSR count). The molecule has 1 fully saturated rings. The average molecular weight is 318 g/mol. The van der Waals surface area contributed by atoms with Gasteiger partial charge in [0.05, 0.1) is 7.11 Å². The van der Waals surface area contributed by atoms with Gasteiger partial charge >= 0.3 is 0 Å². The Bertz CT molecular complexity index is 625. The maximum absolute atomic E-state index is 12.4. The predicted octanol–water partition coefficient (Wildman–Crippen LogP) is 2.25. The van der Waals surface area contributed by atoms with E-state index < -0.39 is 9.05 Å². The monoisotopic (exact) mass is 317 g/mol. The molecule has 0 aromatic heterocycles. The molecule has 1 saturated carbocycles. The summed E-state index contributed by atoms with van der Waals surface area (Å²) >= 11 is 0. The van der Waals surface area contributed by atoms with Gasteiger partial charge in [-0.2, -0.15) is 0 Å². The standard InChI is InChI=1S/C13H16ClNO4S/c1-3-15(10-5-6-10)13(16)9-4-7-11(19-2)12(8-9)20(14,17)18/h4,7-8,10H,3,5-6H2,1-2H3. The Balaban J connectivity index is 2.40. The van der Waals surface area contributed by atoms with Crippen LogP contribution in [0.25, 0.3) is 0 Å². The highest BCUT2D eigenvalue weighted by molar-refractivity contribution is 8.13. The lowest BCUT2D eigenvalue weighted by atomic mass is 10.2. The molecule has 0 atom stereocenters. The Morgan fingerprint density at radius 3 is 2.55 bits per heavy atom. The predicted molar refractivity (Wildman–Crippen MR) is 75.8 cm³/mol. The lowest BCUT2D eigenvalue weighted by molar-refractivity contribution is 0.0752. The van der Waals surface area contributed by atoms with Crippen molar-refractivity contribution in [1.82, 2.24) is 4.90 Å². The molecule has 0 radical (unpaired) electrons. The zero-order valence-corrected chi connectivity index (χ0v) is 12.9. The van der Waals surface area contributed by atoms with Gasteiger partial charge in [-0.25, -0.2) is 8.42 Å². The van der Waals surface area contributed by atoms with Gasteiger partial charge in [0.2, 0.25) is 0 Å². The molecule has 0 N–H and O–H groups in total. The van der Waals surface area contributed by atoms with Crippen molar-refractivity contribution in [3.63, 3.8) is 0 Å². The number of carbonyl (C=O) groups excluding carboxylic acids is 1. The third-order valence-electron chi connectivity index (χ3n) is 3.26. The van der Waals surface area contributed by atoms with Crippen LogP contribution in [0.4, 0.5) is 0 Å². The second-order valence-corrected chi connectivity index (χ2v) is 7.16. The molecule has 0 saturated heterocycles. The largest absolute Gasteiger partial charge is 0.495 e. The number of nitrogens with zero attached hydrogens (tertiary/aromatic N) is 1. The molecule has 20 heavy (non-hydrogen) atoms. The normalized spacial score (nSPS) is 14.9. The van der Waals surface area contributed by atoms with Gasteiger partial charge in [-0.15, -0.1) is 0 Å². The SMILES string of the molecule is CCN(C(=O)c1ccc(OC)c(S(=O)(=O)Cl)c1)C1CC1. The van der Waals surface area contributed by atoms with E-state index in [0.29, 0.717) is 12.1 Å². The third kappa shape index (κ3) is 3.07. The molecule has 1 aliphatic rings. The fourth-order valence-corrected chi connectivity index (χ4v) is 3.14. The van der Waals surface area contributed by atoms with Crippen LogP contribution >= 0.6 is 10.7 Å². The average Bonchev–Trinajstić information content (AvgIpc) is 3.22. The number of halogens is 1. The van der Waals surface area contributed by atoms with Crippen molar-refractivity contribution in [3.8, 4) is 5.75 Å². The van der Waals surface area contributed by atoms with Gasteiger partial charge in [0.15, 0.2) is 0 Å². The Morgan fingerprint density at radius 2 is 2.10 bits per heavy atom. The molecule has 0 heterocycles. The highest BCUT2D eigenvalue weighted by Crippen LogP contribution is 2.31. The van der Waals surface area contributed by atoms with Crippen molar-refractivity contribution in [3.05, 3.63) is 23.8 Å². The van der Waals surface area contributed by atoms with Crippen LogP contribution in [-0.4, -0.2) is 38.9 Å². The first-order valence-electron chi connectivity index (χ1n) is 6.32. The van der Waals surface area contributed by atoms with Crippen molar-refractivity contribution < 1.29 is 17.9 Å². The number of hydrogen-bond donors (Lipinski definition) is 0. The number of methoxy groups -OCH3 is 1. The van der Waals surface area contributed by atoms with Crippen molar-refractivity contribution >= 4 is 25.6 Å². The first-order chi connectivity index (χ1) is 9.38. The Hall–Kier alpha value is -1.27. The fourth-order valence-electron chi connectivity index (χ4n) is 2.12. The van der Waals surface area contributed by atoms with Gasteiger partial charge in [-0.05, 0) is 38.0 Å². The molecular weight excluding hydrogens is 302 g/mol. The van der Waals surface area contributed by atoms with Gasteiger partial charge in [0.25, 0.3) is 15.0 Å². The van der Waals surface area contributed by atoms with E-state index in [2.05, 4.69) is 0 Å². The topological polar surface area (TPSA) is 63.7 Å². The van der Waals surface area contributed by atoms with Crippen LogP contribution < -0.4 is 4.74 Å². The number of benzene rings is 1. The quantitative estimate of drug-likeness (QED) is 0.781. The Morgan fingerprint density at radius 1 is 1.45 bits per heavy atom. The van der Waals surface area contributed by atoms with Gasteiger partial charge in [-0.3, -0.25) is 4.79 Å². The summed E-state index contributed by atoms with van der Waals surface area (Å²) in [5.74, 6) is -0.0507. The van der Waals surface area contributed by atoms with Crippen LogP contribution in [0.5, 0.6) is 5.75 Å². The molecule has 0 unspecified atom stereocenters. The van der Waals surface area contributed by atoms with Gasteiger partial charge in [-0.1, -0.05) is 0 Å². The summed E-state index contributed by atoms with van der Waals surface area (Å²) in [6.45, 7) is 2.50. The van der Waals surface area contributed by atoms with Gasteiger partial charge in [0, 0.05) is 28.8 Å². The molecule has 1 aromatic rings. The number of hydrogen-bond acceptors (Lipinski definition) is 4. The summed E-state index contributed by atoms with van der Waals surface area (Å²) in [4.78, 5) is 13.9. The van der Waals surface area contributed by atoms with Crippen molar-refractivity contribution in [2.45, 2.75) is 30.7 Å². The van der Waals surface area contributed by atoms with Crippen molar-refractivity contribution in [2.75, 3.05) is 13.7 Å². The van der Waals surface area contributed by atoms with E-state index in [1.165, 1.54) is 19.2 Å². The first kappa shape index (κ1) is 15.1. The number of amides is 1. The fraction of sp³-hybridized carbons (Fsp3) is 0.462. The van der Waals surface area contributed by atoms with E-state index >= 15 is 0 Å². The first-order valence-corrected chi connectivity index (χ1v) is 8.63. The van der Waals surface area contributed by atoms with E-state index in [-0.39, 0.29) is 22.6 Å². The molecule has 110 valence electrons. The molecule has 1 amide bonds. The van der Waals surface area contributed by atoms with E-state index in [1.807, 2.05) is 6.92 Å². The number of rotatable bonds is 5. The molecule has 0 spiro atoms. The van der Waals surface area contributed by atoms with Crippen LogP contribution in [0.3, 0.4) is 0 Å². The summed E-state index contributed by atoms with van der Waals surface area (Å²) in [5.41, 5.74) is 0.304. The molecule has 7 heteroatoms. The minimum atomic E-state index is -3.96. The van der Waals surface area contributed by atoms with Crippen molar-refractivity contribution in [2.24, 2.45) is 0 Å². The van der Waals surface area contributed by atoms with Gasteiger partial charge < -0.3 is 9.64 Å². The van der Waals surface area contributed by atoms with Crippen LogP contribution in [-0.2, 0) is 9.05 Å². The highest BCUT2D eigenvalue weighted by atomic mass is 35.7. The second kappa shape index (κ2) is 5.61. The molecular formula is C13H16ClNO4S. The van der Waals surface area contributed by atoms with E-state index in [0.717, 1.165) is 12.8 Å². The smallest absolute Gasteiger partial charge is 0.265 e. The minimum Gasteiger partial charge on any atom is -0.495 e. The minimum absolute atomic E-state index is 0.131. The van der Waals surface area contributed by atoms with E-state index in [9.17, 15) is 13.2 Å². The van der Waals surface area contributed by atoms with Crippen LogP contribution in [0, 0.1) is 0 Å². The van der Waals surface area contributed by atoms with E-state index in [4.69, 9.17) is 15.4 Å². The van der Waals surface area contributed by atoms with Crippen LogP contribution in [0.1, 0.15) is 30.1 Å². The summed E-state index contributed by atoms with van der Waals surface area (Å²) in [6.07, 6.45) is 1.99. The molecule has 1 aliphatic carbocycles. The lowest BCUT2D eigenvalue weighted by Crippen LogP contribution is -2.32. The van der Waals surface area contributed by atoms with Crippen LogP contribution in [0.15, 0.2) is 23.1 Å². The Labute approximate surface area is 122 Å². The molecule has 5 nitrogen and oxygen atoms in total. The summed E-state index contributed by atoms with van der Waals surface area (Å²) in [5, 5.41) is 0. The second-order valence-electron chi connectivity index (χ2n) is 4.63. The molecule has 0 aliphatic heterocycles. The summed E-state index contributed by atoms with van der Waals surface area (Å²) < 4.78 is 28.0. The number of carbonyl (C=O) groups is 1. The summed E-state index contributed by atoms with van der Waals surface area (Å²) in [7, 11) is 2.76. The third-order valence-corrected chi connectivity index (χ3v) is 4.61. The summed E-state index contributed by atoms with van der Waals surface area (Å²) in [6, 6.07) is 4.54. The molecule has 1 aromatic carbocycles. The molecule has 0 bridgehead atoms. The number of ether oxygens (including phenoxy) is 1. The van der Waals surface area contributed by atoms with Crippen LogP contribution in [0.2, 0.25) is 0 Å².